The van der Waals surface area contributed by atoms with Crippen LogP contribution in [0.2, 0.25) is 0 Å². The zero-order valence-electron chi connectivity index (χ0n) is 16.6. The number of nitriles is 1. The molecule has 0 spiro atoms. The quantitative estimate of drug-likeness (QED) is 0.648. The average Bonchev–Trinajstić information content (AvgIpc) is 2.76. The number of hydrogen-bond acceptors (Lipinski definition) is 5. The van der Waals surface area contributed by atoms with Gasteiger partial charge in [0.15, 0.2) is 0 Å². The number of carbonyl (C=O) groups excluding carboxylic acids is 1. The first-order valence-electron chi connectivity index (χ1n) is 9.27. The molecule has 0 fully saturated rings. The van der Waals surface area contributed by atoms with E-state index in [1.165, 1.54) is 19.5 Å². The lowest BCUT2D eigenvalue weighted by Crippen LogP contribution is -2.29. The lowest BCUT2D eigenvalue weighted by molar-refractivity contribution is 0.252. The van der Waals surface area contributed by atoms with E-state index in [-0.39, 0.29) is 12.4 Å². The number of halogens is 1. The summed E-state index contributed by atoms with van der Waals surface area (Å²) < 4.78 is 20.7. The maximum absolute atomic E-state index is 15.4. The molecule has 3 aromatic rings. The predicted octanol–water partition coefficient (Wildman–Crippen LogP) is 3.90. The summed E-state index contributed by atoms with van der Waals surface area (Å²) in [4.78, 5) is 19.7. The number of aromatic nitrogens is 2. The maximum atomic E-state index is 15.4. The fourth-order valence-electron chi connectivity index (χ4n) is 2.96. The van der Waals surface area contributed by atoms with Crippen molar-refractivity contribution in [1.29, 1.82) is 5.26 Å². The molecule has 0 unspecified atom stereocenters. The summed E-state index contributed by atoms with van der Waals surface area (Å²) in [6.45, 7) is 2.29. The Morgan fingerprint density at radius 3 is 2.67 bits per heavy atom. The minimum absolute atomic E-state index is 0.161. The summed E-state index contributed by atoms with van der Waals surface area (Å²) in [5, 5.41) is 14.2. The first-order valence-corrected chi connectivity index (χ1v) is 9.27. The van der Waals surface area contributed by atoms with Crippen LogP contribution < -0.4 is 15.4 Å². The second-order valence-corrected chi connectivity index (χ2v) is 6.38. The number of amides is 2. The number of nitrogens with one attached hydrogen (secondary N) is 2. The van der Waals surface area contributed by atoms with Gasteiger partial charge in [0.2, 0.25) is 5.95 Å². The van der Waals surface area contributed by atoms with Gasteiger partial charge in [0, 0.05) is 25.4 Å². The number of benzene rings is 2. The van der Waals surface area contributed by atoms with Crippen molar-refractivity contribution in [3.8, 4) is 22.9 Å². The number of rotatable bonds is 6. The SMILES string of the molecule is CCNC(=O)Nc1ncc(Cc2ccc(OC)c(-c3cccc(C#N)c3)c2F)cn1. The topological polar surface area (TPSA) is 99.9 Å². The van der Waals surface area contributed by atoms with E-state index >= 15 is 4.39 Å². The first kappa shape index (κ1) is 20.7. The summed E-state index contributed by atoms with van der Waals surface area (Å²) in [6.07, 6.45) is 3.32. The largest absolute Gasteiger partial charge is 0.496 e. The monoisotopic (exact) mass is 405 g/mol. The van der Waals surface area contributed by atoms with Crippen molar-refractivity contribution in [3.63, 3.8) is 0 Å². The third-order valence-electron chi connectivity index (χ3n) is 4.35. The highest BCUT2D eigenvalue weighted by Gasteiger charge is 2.17. The maximum Gasteiger partial charge on any atom is 0.321 e. The van der Waals surface area contributed by atoms with Gasteiger partial charge in [-0.05, 0) is 41.8 Å². The van der Waals surface area contributed by atoms with Gasteiger partial charge in [0.25, 0.3) is 0 Å². The van der Waals surface area contributed by atoms with E-state index in [0.717, 1.165) is 0 Å². The molecule has 0 aliphatic carbocycles. The molecule has 152 valence electrons. The molecule has 2 N–H and O–H groups in total. The van der Waals surface area contributed by atoms with Crippen molar-refractivity contribution in [2.75, 3.05) is 19.0 Å². The summed E-state index contributed by atoms with van der Waals surface area (Å²) in [7, 11) is 1.47. The van der Waals surface area contributed by atoms with Crippen molar-refractivity contribution >= 4 is 12.0 Å². The summed E-state index contributed by atoms with van der Waals surface area (Å²) in [5.41, 5.74) is 2.40. The molecule has 1 heterocycles. The van der Waals surface area contributed by atoms with Crippen LogP contribution in [0.15, 0.2) is 48.8 Å². The zero-order chi connectivity index (χ0) is 21.5. The van der Waals surface area contributed by atoms with Gasteiger partial charge in [-0.2, -0.15) is 5.26 Å². The highest BCUT2D eigenvalue weighted by Crippen LogP contribution is 2.35. The Balaban J connectivity index is 1.88. The molecule has 0 aliphatic rings. The third-order valence-corrected chi connectivity index (χ3v) is 4.35. The first-order chi connectivity index (χ1) is 14.5. The molecule has 3 rings (SSSR count). The van der Waals surface area contributed by atoms with Crippen LogP contribution in [0, 0.1) is 17.1 Å². The van der Waals surface area contributed by atoms with E-state index in [2.05, 4.69) is 26.7 Å². The minimum Gasteiger partial charge on any atom is -0.496 e. The molecule has 30 heavy (non-hydrogen) atoms. The molecule has 0 atom stereocenters. The fourth-order valence-corrected chi connectivity index (χ4v) is 2.96. The summed E-state index contributed by atoms with van der Waals surface area (Å²) in [6, 6.07) is 11.7. The Bertz CT molecular complexity index is 1090. The number of methoxy groups -OCH3 is 1. The Labute approximate surface area is 173 Å². The Morgan fingerprint density at radius 1 is 1.23 bits per heavy atom. The van der Waals surface area contributed by atoms with Gasteiger partial charge in [-0.1, -0.05) is 18.2 Å². The molecule has 0 saturated carbocycles. The molecule has 0 bridgehead atoms. The van der Waals surface area contributed by atoms with Crippen LogP contribution >= 0.6 is 0 Å². The number of hydrogen-bond donors (Lipinski definition) is 2. The van der Waals surface area contributed by atoms with E-state index in [1.807, 2.05) is 0 Å². The van der Waals surface area contributed by atoms with Crippen molar-refractivity contribution in [3.05, 3.63) is 71.3 Å². The fraction of sp³-hybridized carbons (Fsp3) is 0.182. The number of urea groups is 1. The van der Waals surface area contributed by atoms with Gasteiger partial charge < -0.3 is 10.1 Å². The molecule has 2 amide bonds. The van der Waals surface area contributed by atoms with E-state index in [9.17, 15) is 4.79 Å². The van der Waals surface area contributed by atoms with Crippen molar-refractivity contribution < 1.29 is 13.9 Å². The van der Waals surface area contributed by atoms with Crippen molar-refractivity contribution in [2.45, 2.75) is 13.3 Å². The minimum atomic E-state index is -0.436. The van der Waals surface area contributed by atoms with Crippen LogP contribution in [-0.4, -0.2) is 29.7 Å². The van der Waals surface area contributed by atoms with E-state index in [0.29, 0.717) is 40.1 Å². The Kier molecular flexibility index (Phi) is 6.55. The highest BCUT2D eigenvalue weighted by molar-refractivity contribution is 5.87. The second-order valence-electron chi connectivity index (χ2n) is 6.38. The normalized spacial score (nSPS) is 10.2. The van der Waals surface area contributed by atoms with Gasteiger partial charge in [0.1, 0.15) is 11.6 Å². The number of anilines is 1. The molecule has 7 nitrogen and oxygen atoms in total. The van der Waals surface area contributed by atoms with Crippen LogP contribution in [-0.2, 0) is 6.42 Å². The molecular formula is C22H20FN5O2. The lowest BCUT2D eigenvalue weighted by atomic mass is 9.97. The van der Waals surface area contributed by atoms with Gasteiger partial charge in [-0.25, -0.2) is 19.2 Å². The number of ether oxygens (including phenoxy) is 1. The molecule has 2 aromatic carbocycles. The van der Waals surface area contributed by atoms with E-state index < -0.39 is 11.8 Å². The van der Waals surface area contributed by atoms with E-state index in [4.69, 9.17) is 10.00 Å². The van der Waals surface area contributed by atoms with Crippen molar-refractivity contribution in [2.24, 2.45) is 0 Å². The van der Waals surface area contributed by atoms with Gasteiger partial charge >= 0.3 is 6.03 Å². The van der Waals surface area contributed by atoms with Crippen LogP contribution in [0.4, 0.5) is 15.1 Å². The molecule has 8 heteroatoms. The summed E-state index contributed by atoms with van der Waals surface area (Å²) in [5.74, 6) is 0.104. The summed E-state index contributed by atoms with van der Waals surface area (Å²) >= 11 is 0. The van der Waals surface area contributed by atoms with Crippen LogP contribution in [0.25, 0.3) is 11.1 Å². The van der Waals surface area contributed by atoms with Crippen LogP contribution in [0.3, 0.4) is 0 Å². The number of carbonyl (C=O) groups is 1. The van der Waals surface area contributed by atoms with Gasteiger partial charge in [-0.3, -0.25) is 5.32 Å². The molecular weight excluding hydrogens is 385 g/mol. The standard InChI is InChI=1S/C22H20FN5O2/c1-3-25-22(29)28-21-26-12-15(13-27-21)10-17-7-8-18(30-2)19(20(17)23)16-6-4-5-14(9-16)11-24/h4-9,12-13H,3,10H2,1-2H3,(H2,25,26,27,28,29). The molecule has 0 aliphatic heterocycles. The highest BCUT2D eigenvalue weighted by atomic mass is 19.1. The smallest absolute Gasteiger partial charge is 0.321 e. The number of nitrogens with zero attached hydrogens (tertiary/aromatic N) is 3. The van der Waals surface area contributed by atoms with E-state index in [1.54, 1.807) is 43.3 Å². The van der Waals surface area contributed by atoms with Gasteiger partial charge in [0.05, 0.1) is 24.3 Å². The molecule has 0 saturated heterocycles. The van der Waals surface area contributed by atoms with Crippen molar-refractivity contribution in [1.82, 2.24) is 15.3 Å². The Morgan fingerprint density at radius 2 is 2.00 bits per heavy atom. The lowest BCUT2D eigenvalue weighted by Gasteiger charge is -2.14. The van der Waals surface area contributed by atoms with Crippen LogP contribution in [0.5, 0.6) is 5.75 Å². The Hall–Kier alpha value is -3.99. The molecule has 1 aromatic heterocycles. The van der Waals surface area contributed by atoms with Crippen LogP contribution in [0.1, 0.15) is 23.6 Å². The van der Waals surface area contributed by atoms with Gasteiger partial charge in [-0.15, -0.1) is 0 Å². The molecule has 0 radical (unpaired) electrons. The zero-order valence-corrected chi connectivity index (χ0v) is 16.6. The second kappa shape index (κ2) is 9.47. The third kappa shape index (κ3) is 4.70. The average molecular weight is 405 g/mol. The predicted molar refractivity (Wildman–Crippen MR) is 111 cm³/mol.